The first-order valence-electron chi connectivity index (χ1n) is 7.83. The summed E-state index contributed by atoms with van der Waals surface area (Å²) in [7, 11) is 0. The third-order valence-corrected chi connectivity index (χ3v) is 4.09. The number of anilines is 1. The lowest BCUT2D eigenvalue weighted by Crippen LogP contribution is -2.15. The number of nitrogens with zero attached hydrogens (tertiary/aromatic N) is 2. The van der Waals surface area contributed by atoms with E-state index in [1.807, 2.05) is 48.5 Å². The molecule has 2 aromatic carbocycles. The highest BCUT2D eigenvalue weighted by molar-refractivity contribution is 6.03. The number of hydrogen-bond donors (Lipinski definition) is 2. The van der Waals surface area contributed by atoms with Gasteiger partial charge in [0.05, 0.1) is 18.1 Å². The van der Waals surface area contributed by atoms with Crippen LogP contribution in [0.4, 0.5) is 11.5 Å². The van der Waals surface area contributed by atoms with Crippen LogP contribution in [0.2, 0.25) is 0 Å². The predicted octanol–water partition coefficient (Wildman–Crippen LogP) is 3.45. The van der Waals surface area contributed by atoms with Crippen molar-refractivity contribution in [2.45, 2.75) is 12.5 Å². The summed E-state index contributed by atoms with van der Waals surface area (Å²) in [6, 6.07) is 20.1. The van der Waals surface area contributed by atoms with Crippen LogP contribution >= 0.6 is 0 Å². The van der Waals surface area contributed by atoms with Gasteiger partial charge in [-0.3, -0.25) is 4.79 Å². The fraction of sp³-hybridized carbons (Fsp3) is 0.105. The maximum Gasteiger partial charge on any atom is 0.278 e. The Morgan fingerprint density at radius 1 is 0.958 bits per heavy atom. The average Bonchev–Trinajstić information content (AvgIpc) is 2.84. The van der Waals surface area contributed by atoms with Gasteiger partial charge in [0.2, 0.25) is 0 Å². The number of nitrogens with one attached hydrogen (secondary N) is 2. The first-order chi connectivity index (χ1) is 11.8. The van der Waals surface area contributed by atoms with E-state index in [0.717, 1.165) is 16.8 Å². The lowest BCUT2D eigenvalue weighted by atomic mass is 9.97. The Hall–Kier alpha value is -3.21. The molecule has 0 radical (unpaired) electrons. The summed E-state index contributed by atoms with van der Waals surface area (Å²) in [5.41, 5.74) is 3.10. The lowest BCUT2D eigenvalue weighted by Gasteiger charge is -2.18. The van der Waals surface area contributed by atoms with Crippen LogP contribution in [0.25, 0.3) is 0 Å². The molecule has 0 saturated carbocycles. The van der Waals surface area contributed by atoms with Gasteiger partial charge in [0.15, 0.2) is 11.5 Å². The fourth-order valence-corrected chi connectivity index (χ4v) is 2.89. The van der Waals surface area contributed by atoms with Crippen molar-refractivity contribution >= 4 is 17.2 Å². The highest BCUT2D eigenvalue weighted by atomic mass is 16.1. The molecule has 2 N–H and O–H groups in total. The van der Waals surface area contributed by atoms with Crippen LogP contribution < -0.4 is 10.9 Å². The molecule has 1 aliphatic heterocycles. The van der Waals surface area contributed by atoms with Gasteiger partial charge in [0, 0.05) is 6.42 Å². The van der Waals surface area contributed by atoms with Gasteiger partial charge in [-0.25, -0.2) is 9.98 Å². The van der Waals surface area contributed by atoms with Crippen molar-refractivity contribution in [1.29, 1.82) is 0 Å². The Balaban J connectivity index is 1.86. The largest absolute Gasteiger partial charge is 0.361 e. The zero-order valence-corrected chi connectivity index (χ0v) is 12.9. The molecule has 0 saturated heterocycles. The second-order valence-corrected chi connectivity index (χ2v) is 5.67. The van der Waals surface area contributed by atoms with E-state index in [1.54, 1.807) is 0 Å². The van der Waals surface area contributed by atoms with E-state index in [-0.39, 0.29) is 11.6 Å². The van der Waals surface area contributed by atoms with Gasteiger partial charge >= 0.3 is 0 Å². The Morgan fingerprint density at radius 3 is 2.42 bits per heavy atom. The quantitative estimate of drug-likeness (QED) is 0.761. The average molecular weight is 316 g/mol. The van der Waals surface area contributed by atoms with E-state index >= 15 is 0 Å². The van der Waals surface area contributed by atoms with Gasteiger partial charge in [-0.1, -0.05) is 60.7 Å². The minimum atomic E-state index is -0.241. The lowest BCUT2D eigenvalue weighted by molar-refractivity contribution is 0.821. The smallest absolute Gasteiger partial charge is 0.278 e. The molecule has 0 fully saturated rings. The molecule has 2 heterocycles. The molecule has 0 unspecified atom stereocenters. The molecular weight excluding hydrogens is 300 g/mol. The van der Waals surface area contributed by atoms with Gasteiger partial charge in [0.25, 0.3) is 5.56 Å². The molecule has 0 bridgehead atoms. The van der Waals surface area contributed by atoms with Gasteiger partial charge in [-0.15, -0.1) is 0 Å². The van der Waals surface area contributed by atoms with Gasteiger partial charge < -0.3 is 10.3 Å². The maximum atomic E-state index is 12.2. The van der Waals surface area contributed by atoms with Crippen molar-refractivity contribution < 1.29 is 0 Å². The molecule has 24 heavy (non-hydrogen) atoms. The van der Waals surface area contributed by atoms with E-state index in [1.165, 1.54) is 6.33 Å². The van der Waals surface area contributed by atoms with E-state index in [0.29, 0.717) is 17.9 Å². The van der Waals surface area contributed by atoms with E-state index in [9.17, 15) is 4.79 Å². The van der Waals surface area contributed by atoms with Gasteiger partial charge in [0.1, 0.15) is 0 Å². The summed E-state index contributed by atoms with van der Waals surface area (Å²) in [5, 5.41) is 3.37. The van der Waals surface area contributed by atoms with E-state index < -0.39 is 0 Å². The summed E-state index contributed by atoms with van der Waals surface area (Å²) >= 11 is 0. The molecule has 5 heteroatoms. The first-order valence-corrected chi connectivity index (χ1v) is 7.83. The summed E-state index contributed by atoms with van der Waals surface area (Å²) < 4.78 is 0. The van der Waals surface area contributed by atoms with Crippen molar-refractivity contribution in [3.63, 3.8) is 0 Å². The predicted molar refractivity (Wildman–Crippen MR) is 94.9 cm³/mol. The van der Waals surface area contributed by atoms with Crippen molar-refractivity contribution in [3.05, 3.63) is 88.5 Å². The summed E-state index contributed by atoms with van der Waals surface area (Å²) in [6.45, 7) is 0. The minimum absolute atomic E-state index is 0.000654. The van der Waals surface area contributed by atoms with Crippen LogP contribution in [0.5, 0.6) is 0 Å². The Bertz CT molecular complexity index is 932. The zero-order valence-electron chi connectivity index (χ0n) is 12.9. The monoisotopic (exact) mass is 316 g/mol. The second kappa shape index (κ2) is 6.12. The number of H-pyrrole nitrogens is 1. The molecule has 1 atom stereocenters. The number of benzene rings is 2. The Morgan fingerprint density at radius 2 is 1.67 bits per heavy atom. The molecule has 5 nitrogen and oxygen atoms in total. The summed E-state index contributed by atoms with van der Waals surface area (Å²) in [6.07, 6.45) is 2.07. The molecule has 1 aromatic heterocycles. The van der Waals surface area contributed by atoms with Crippen LogP contribution in [-0.2, 0) is 0 Å². The molecule has 3 aromatic rings. The molecule has 0 aliphatic carbocycles. The molecule has 0 amide bonds. The molecular formula is C19H16N4O. The molecule has 118 valence electrons. The van der Waals surface area contributed by atoms with E-state index in [4.69, 9.17) is 0 Å². The third-order valence-electron chi connectivity index (χ3n) is 4.09. The van der Waals surface area contributed by atoms with E-state index in [2.05, 4.69) is 32.4 Å². The number of aromatic amines is 1. The topological polar surface area (TPSA) is 70.1 Å². The maximum absolute atomic E-state index is 12.2. The van der Waals surface area contributed by atoms with Crippen molar-refractivity contribution in [2.75, 3.05) is 5.32 Å². The summed E-state index contributed by atoms with van der Waals surface area (Å²) in [4.78, 5) is 23.7. The van der Waals surface area contributed by atoms with Crippen molar-refractivity contribution in [2.24, 2.45) is 4.99 Å². The molecule has 4 rings (SSSR count). The molecule has 1 aliphatic rings. The standard InChI is InChI=1S/C19H16N4O/c24-19-17-18(20-12-21-19)23-16(14-9-5-2-6-10-14)11-15(22-17)13-7-3-1-4-8-13/h1-10,12,16H,11H2,(H2,20,21,23,24)/t16-/m0/s1. The highest BCUT2D eigenvalue weighted by Gasteiger charge is 2.23. The number of hydrogen-bond acceptors (Lipinski definition) is 4. The van der Waals surface area contributed by atoms with Crippen molar-refractivity contribution in [1.82, 2.24) is 9.97 Å². The number of rotatable bonds is 2. The van der Waals surface area contributed by atoms with Gasteiger partial charge in [-0.2, -0.15) is 0 Å². The first kappa shape index (κ1) is 14.4. The van der Waals surface area contributed by atoms with Crippen molar-refractivity contribution in [3.8, 4) is 0 Å². The zero-order chi connectivity index (χ0) is 16.4. The number of aliphatic imine (C=N–C) groups is 1. The van der Waals surface area contributed by atoms with Crippen LogP contribution in [0.15, 0.2) is 76.8 Å². The third kappa shape index (κ3) is 2.72. The fourth-order valence-electron chi connectivity index (χ4n) is 2.89. The number of aromatic nitrogens is 2. The molecule has 0 spiro atoms. The second-order valence-electron chi connectivity index (χ2n) is 5.67. The number of fused-ring (bicyclic) bond motifs is 1. The SMILES string of the molecule is O=c1[nH]cnc2c1N=C(c1ccccc1)C[C@@H](c1ccccc1)N2. The normalized spacial score (nSPS) is 16.5. The van der Waals surface area contributed by atoms with Crippen LogP contribution in [0.3, 0.4) is 0 Å². The Labute approximate surface area is 139 Å². The summed E-state index contributed by atoms with van der Waals surface area (Å²) in [5.74, 6) is 0.513. The van der Waals surface area contributed by atoms with Crippen LogP contribution in [0.1, 0.15) is 23.6 Å². The highest BCUT2D eigenvalue weighted by Crippen LogP contribution is 2.31. The minimum Gasteiger partial charge on any atom is -0.361 e. The van der Waals surface area contributed by atoms with Gasteiger partial charge in [-0.05, 0) is 11.1 Å². The Kier molecular flexibility index (Phi) is 3.67. The van der Waals surface area contributed by atoms with Crippen LogP contribution in [0, 0.1) is 0 Å². The van der Waals surface area contributed by atoms with Crippen LogP contribution in [-0.4, -0.2) is 15.7 Å².